The highest BCUT2D eigenvalue weighted by Crippen LogP contribution is 2.23. The Bertz CT molecular complexity index is 315. The number of nitrogens with one attached hydrogen (secondary N) is 1. The Morgan fingerprint density at radius 2 is 2.25 bits per heavy atom. The number of amides is 1. The van der Waals surface area contributed by atoms with Gasteiger partial charge in [-0.2, -0.15) is 11.3 Å². The lowest BCUT2D eigenvalue weighted by Gasteiger charge is -2.10. The standard InChI is InChI=1S/C13H19NOS/c15-13(6-5-12-7-8-16-10-12)14-9-11-3-1-2-4-11/h7-8,10-11H,1-6,9H2,(H,14,15). The maximum absolute atomic E-state index is 11.6. The third-order valence-electron chi connectivity index (χ3n) is 3.28. The van der Waals surface area contributed by atoms with Crippen molar-refractivity contribution < 1.29 is 4.79 Å². The Labute approximate surface area is 101 Å². The molecule has 1 fully saturated rings. The minimum atomic E-state index is 0.207. The van der Waals surface area contributed by atoms with Crippen LogP contribution in [0.2, 0.25) is 0 Å². The SMILES string of the molecule is O=C(CCc1ccsc1)NCC1CCCC1. The van der Waals surface area contributed by atoms with Gasteiger partial charge in [0.05, 0.1) is 0 Å². The van der Waals surface area contributed by atoms with E-state index in [1.807, 2.05) is 0 Å². The van der Waals surface area contributed by atoms with Crippen molar-refractivity contribution >= 4 is 17.2 Å². The monoisotopic (exact) mass is 237 g/mol. The highest BCUT2D eigenvalue weighted by atomic mass is 32.1. The van der Waals surface area contributed by atoms with Crippen molar-refractivity contribution in [1.82, 2.24) is 5.32 Å². The maximum atomic E-state index is 11.6. The number of carbonyl (C=O) groups excluding carboxylic acids is 1. The Morgan fingerprint density at radius 3 is 2.94 bits per heavy atom. The van der Waals surface area contributed by atoms with Crippen molar-refractivity contribution in [3.05, 3.63) is 22.4 Å². The van der Waals surface area contributed by atoms with E-state index in [0.717, 1.165) is 18.9 Å². The summed E-state index contributed by atoms with van der Waals surface area (Å²) in [5.41, 5.74) is 1.28. The molecule has 0 saturated heterocycles. The average Bonchev–Trinajstić information content (AvgIpc) is 2.96. The molecule has 88 valence electrons. The minimum Gasteiger partial charge on any atom is -0.356 e. The fourth-order valence-electron chi connectivity index (χ4n) is 2.25. The fraction of sp³-hybridized carbons (Fsp3) is 0.615. The van der Waals surface area contributed by atoms with Gasteiger partial charge < -0.3 is 5.32 Å². The molecule has 1 aromatic heterocycles. The third-order valence-corrected chi connectivity index (χ3v) is 4.02. The van der Waals surface area contributed by atoms with Crippen molar-refractivity contribution in [3.8, 4) is 0 Å². The fourth-order valence-corrected chi connectivity index (χ4v) is 2.96. The van der Waals surface area contributed by atoms with Gasteiger partial charge in [-0.25, -0.2) is 0 Å². The van der Waals surface area contributed by atoms with Crippen LogP contribution in [-0.4, -0.2) is 12.5 Å². The summed E-state index contributed by atoms with van der Waals surface area (Å²) in [5, 5.41) is 7.23. The molecule has 2 nitrogen and oxygen atoms in total. The molecule has 3 heteroatoms. The topological polar surface area (TPSA) is 29.1 Å². The smallest absolute Gasteiger partial charge is 0.220 e. The minimum absolute atomic E-state index is 0.207. The van der Waals surface area contributed by atoms with E-state index in [9.17, 15) is 4.79 Å². The number of hydrogen-bond donors (Lipinski definition) is 1. The highest BCUT2D eigenvalue weighted by molar-refractivity contribution is 7.07. The van der Waals surface area contributed by atoms with Gasteiger partial charge in [0.15, 0.2) is 0 Å². The lowest BCUT2D eigenvalue weighted by molar-refractivity contribution is -0.121. The van der Waals surface area contributed by atoms with Crippen LogP contribution >= 0.6 is 11.3 Å². The summed E-state index contributed by atoms with van der Waals surface area (Å²) in [6.07, 6.45) is 6.78. The van der Waals surface area contributed by atoms with E-state index in [0.29, 0.717) is 6.42 Å². The molecule has 1 aliphatic carbocycles. The molecule has 0 unspecified atom stereocenters. The molecular weight excluding hydrogens is 218 g/mol. The largest absolute Gasteiger partial charge is 0.356 e. The van der Waals surface area contributed by atoms with Crippen molar-refractivity contribution in [2.75, 3.05) is 6.54 Å². The van der Waals surface area contributed by atoms with Crippen LogP contribution in [-0.2, 0) is 11.2 Å². The van der Waals surface area contributed by atoms with Crippen molar-refractivity contribution in [2.45, 2.75) is 38.5 Å². The molecule has 2 rings (SSSR count). The van der Waals surface area contributed by atoms with Crippen LogP contribution in [0.3, 0.4) is 0 Å². The van der Waals surface area contributed by atoms with Gasteiger partial charge in [0, 0.05) is 13.0 Å². The zero-order valence-electron chi connectivity index (χ0n) is 9.58. The highest BCUT2D eigenvalue weighted by Gasteiger charge is 2.15. The second kappa shape index (κ2) is 6.04. The van der Waals surface area contributed by atoms with Gasteiger partial charge in [0.2, 0.25) is 5.91 Å². The quantitative estimate of drug-likeness (QED) is 0.838. The second-order valence-corrected chi connectivity index (χ2v) is 5.37. The summed E-state index contributed by atoms with van der Waals surface area (Å²) in [7, 11) is 0. The number of hydrogen-bond acceptors (Lipinski definition) is 2. The van der Waals surface area contributed by atoms with Gasteiger partial charge in [-0.15, -0.1) is 0 Å². The van der Waals surface area contributed by atoms with E-state index in [1.54, 1.807) is 11.3 Å². The van der Waals surface area contributed by atoms with E-state index in [2.05, 4.69) is 22.1 Å². The average molecular weight is 237 g/mol. The maximum Gasteiger partial charge on any atom is 0.220 e. The molecule has 0 bridgehead atoms. The van der Waals surface area contributed by atoms with Crippen LogP contribution in [0.5, 0.6) is 0 Å². The number of carbonyl (C=O) groups is 1. The molecule has 1 aliphatic rings. The van der Waals surface area contributed by atoms with Gasteiger partial charge in [-0.3, -0.25) is 4.79 Å². The molecular formula is C13H19NOS. The van der Waals surface area contributed by atoms with E-state index < -0.39 is 0 Å². The normalized spacial score (nSPS) is 16.5. The van der Waals surface area contributed by atoms with E-state index in [1.165, 1.54) is 31.2 Å². The molecule has 0 aliphatic heterocycles. The molecule has 0 spiro atoms. The second-order valence-electron chi connectivity index (χ2n) is 4.59. The zero-order valence-corrected chi connectivity index (χ0v) is 10.4. The lowest BCUT2D eigenvalue weighted by Crippen LogP contribution is -2.28. The first-order chi connectivity index (χ1) is 7.84. The van der Waals surface area contributed by atoms with Crippen molar-refractivity contribution in [2.24, 2.45) is 5.92 Å². The number of aryl methyl sites for hydroxylation is 1. The molecule has 1 amide bonds. The molecule has 0 atom stereocenters. The zero-order chi connectivity index (χ0) is 11.2. The Balaban J connectivity index is 1.60. The first kappa shape index (κ1) is 11.6. The molecule has 1 N–H and O–H groups in total. The van der Waals surface area contributed by atoms with E-state index >= 15 is 0 Å². The van der Waals surface area contributed by atoms with Gasteiger partial charge in [0.25, 0.3) is 0 Å². The summed E-state index contributed by atoms with van der Waals surface area (Å²) < 4.78 is 0. The molecule has 1 saturated carbocycles. The molecule has 1 heterocycles. The number of thiophene rings is 1. The van der Waals surface area contributed by atoms with Crippen LogP contribution in [0.25, 0.3) is 0 Å². The number of rotatable bonds is 5. The van der Waals surface area contributed by atoms with Crippen LogP contribution in [0, 0.1) is 5.92 Å². The summed E-state index contributed by atoms with van der Waals surface area (Å²) >= 11 is 1.69. The first-order valence-electron chi connectivity index (χ1n) is 6.12. The molecule has 16 heavy (non-hydrogen) atoms. The molecule has 1 aromatic rings. The Morgan fingerprint density at radius 1 is 1.44 bits per heavy atom. The third kappa shape index (κ3) is 3.63. The summed E-state index contributed by atoms with van der Waals surface area (Å²) in [6, 6.07) is 2.09. The van der Waals surface area contributed by atoms with Crippen LogP contribution in [0.1, 0.15) is 37.7 Å². The summed E-state index contributed by atoms with van der Waals surface area (Å²) in [4.78, 5) is 11.6. The van der Waals surface area contributed by atoms with Crippen molar-refractivity contribution in [1.29, 1.82) is 0 Å². The van der Waals surface area contributed by atoms with Gasteiger partial charge in [-0.05, 0) is 47.6 Å². The summed E-state index contributed by atoms with van der Waals surface area (Å²) in [5.74, 6) is 0.947. The van der Waals surface area contributed by atoms with Crippen molar-refractivity contribution in [3.63, 3.8) is 0 Å². The van der Waals surface area contributed by atoms with Crippen LogP contribution in [0.15, 0.2) is 16.8 Å². The van der Waals surface area contributed by atoms with E-state index in [-0.39, 0.29) is 5.91 Å². The first-order valence-corrected chi connectivity index (χ1v) is 7.06. The Hall–Kier alpha value is -0.830. The predicted molar refractivity (Wildman–Crippen MR) is 67.6 cm³/mol. The van der Waals surface area contributed by atoms with E-state index in [4.69, 9.17) is 0 Å². The van der Waals surface area contributed by atoms with Gasteiger partial charge >= 0.3 is 0 Å². The van der Waals surface area contributed by atoms with Crippen LogP contribution in [0.4, 0.5) is 0 Å². The van der Waals surface area contributed by atoms with Gasteiger partial charge in [-0.1, -0.05) is 12.8 Å². The summed E-state index contributed by atoms with van der Waals surface area (Å²) in [6.45, 7) is 0.891. The van der Waals surface area contributed by atoms with Gasteiger partial charge in [0.1, 0.15) is 0 Å². The molecule has 0 aromatic carbocycles. The lowest BCUT2D eigenvalue weighted by atomic mass is 10.1. The molecule has 0 radical (unpaired) electrons. The Kier molecular flexibility index (Phi) is 4.40. The predicted octanol–water partition coefficient (Wildman–Crippen LogP) is 2.99. The van der Waals surface area contributed by atoms with Crippen LogP contribution < -0.4 is 5.32 Å².